The van der Waals surface area contributed by atoms with Crippen LogP contribution in [-0.2, 0) is 4.79 Å². The Morgan fingerprint density at radius 3 is 2.43 bits per heavy atom. The highest BCUT2D eigenvalue weighted by Gasteiger charge is 2.12. The second kappa shape index (κ2) is 15.6. The van der Waals surface area contributed by atoms with Crippen molar-refractivity contribution in [2.24, 2.45) is 5.92 Å². The van der Waals surface area contributed by atoms with E-state index in [1.807, 2.05) is 32.0 Å². The highest BCUT2D eigenvalue weighted by Crippen LogP contribution is 2.28. The molecule has 1 aliphatic rings. The van der Waals surface area contributed by atoms with Crippen LogP contribution in [0, 0.1) is 5.92 Å². The van der Waals surface area contributed by atoms with Gasteiger partial charge in [-0.2, -0.15) is 0 Å². The molecule has 0 aromatic heterocycles. The molecule has 1 unspecified atom stereocenters. The zero-order valence-electron chi connectivity index (χ0n) is 19.0. The molecule has 28 heavy (non-hydrogen) atoms. The molecule has 0 radical (unpaired) electrons. The average molecular weight is 389 g/mol. The van der Waals surface area contributed by atoms with Gasteiger partial charge >= 0.3 is 5.97 Å². The van der Waals surface area contributed by atoms with Crippen LogP contribution < -0.4 is 4.74 Å². The summed E-state index contributed by atoms with van der Waals surface area (Å²) in [7, 11) is 0. The van der Waals surface area contributed by atoms with Crippen molar-refractivity contribution in [1.82, 2.24) is 0 Å². The van der Waals surface area contributed by atoms with Crippen molar-refractivity contribution >= 4 is 5.97 Å². The fourth-order valence-corrected chi connectivity index (χ4v) is 4.01. The van der Waals surface area contributed by atoms with Gasteiger partial charge in [-0.1, -0.05) is 104 Å². The fraction of sp³-hybridized carbons (Fsp3) is 0.731. The van der Waals surface area contributed by atoms with Crippen LogP contribution in [0.25, 0.3) is 0 Å². The monoisotopic (exact) mass is 388 g/mol. The molecule has 0 heterocycles. The second-order valence-corrected chi connectivity index (χ2v) is 8.17. The minimum absolute atomic E-state index is 0.0893. The normalized spacial score (nSPS) is 15.4. The summed E-state index contributed by atoms with van der Waals surface area (Å²) in [6.45, 7) is 8.38. The maximum absolute atomic E-state index is 12.0. The maximum Gasteiger partial charge on any atom is 0.311 e. The van der Waals surface area contributed by atoms with Crippen LogP contribution in [0.1, 0.15) is 123 Å². The van der Waals surface area contributed by atoms with Gasteiger partial charge in [-0.25, -0.2) is 0 Å². The standard InChI is InChI=1S/C24H38O2.C2H6/c1-3-20(2)22-16-12-17-23(19-22)26-24(25)18-11-6-4-5-8-13-21-14-9-7-10-15-21;1-2/h12,16-17,19-21H,3-11,13-15,18H2,1-2H3;1-2H3. The van der Waals surface area contributed by atoms with E-state index in [0.29, 0.717) is 18.1 Å². The molecule has 1 aliphatic carbocycles. The highest BCUT2D eigenvalue weighted by atomic mass is 16.5. The van der Waals surface area contributed by atoms with E-state index in [-0.39, 0.29) is 5.97 Å². The maximum atomic E-state index is 12.0. The summed E-state index contributed by atoms with van der Waals surface area (Å²) in [5, 5.41) is 0. The number of benzene rings is 1. The fourth-order valence-electron chi connectivity index (χ4n) is 4.01. The van der Waals surface area contributed by atoms with Crippen molar-refractivity contribution in [1.29, 1.82) is 0 Å². The lowest BCUT2D eigenvalue weighted by atomic mass is 9.85. The summed E-state index contributed by atoms with van der Waals surface area (Å²) in [6.07, 6.45) is 16.4. The molecule has 1 atom stereocenters. The number of rotatable bonds is 11. The molecule has 160 valence electrons. The minimum Gasteiger partial charge on any atom is -0.427 e. The van der Waals surface area contributed by atoms with E-state index in [2.05, 4.69) is 19.9 Å². The van der Waals surface area contributed by atoms with E-state index in [0.717, 1.165) is 25.2 Å². The number of hydrogen-bond donors (Lipinski definition) is 0. The first-order chi connectivity index (χ1) is 13.7. The molecule has 1 saturated carbocycles. The molecule has 1 aromatic carbocycles. The molecule has 2 rings (SSSR count). The van der Waals surface area contributed by atoms with Gasteiger partial charge in [-0.05, 0) is 42.4 Å². The van der Waals surface area contributed by atoms with Crippen molar-refractivity contribution in [3.63, 3.8) is 0 Å². The van der Waals surface area contributed by atoms with Gasteiger partial charge < -0.3 is 4.74 Å². The Labute approximate surface area is 174 Å². The summed E-state index contributed by atoms with van der Waals surface area (Å²) >= 11 is 0. The van der Waals surface area contributed by atoms with Crippen LogP contribution in [0.15, 0.2) is 24.3 Å². The predicted molar refractivity (Wildman–Crippen MR) is 121 cm³/mol. The van der Waals surface area contributed by atoms with Crippen LogP contribution in [0.3, 0.4) is 0 Å². The van der Waals surface area contributed by atoms with Gasteiger partial charge in [0.05, 0.1) is 0 Å². The highest BCUT2D eigenvalue weighted by molar-refractivity contribution is 5.72. The molecule has 0 amide bonds. The van der Waals surface area contributed by atoms with Crippen molar-refractivity contribution in [3.05, 3.63) is 29.8 Å². The number of ether oxygens (including phenoxy) is 1. The van der Waals surface area contributed by atoms with Gasteiger partial charge in [0.1, 0.15) is 5.75 Å². The Kier molecular flexibility index (Phi) is 13.8. The Morgan fingerprint density at radius 2 is 1.71 bits per heavy atom. The van der Waals surface area contributed by atoms with Gasteiger partial charge in [-0.3, -0.25) is 4.79 Å². The number of carbonyl (C=O) groups is 1. The second-order valence-electron chi connectivity index (χ2n) is 8.17. The quantitative estimate of drug-likeness (QED) is 0.216. The number of carbonyl (C=O) groups excluding carboxylic acids is 1. The molecule has 0 spiro atoms. The summed E-state index contributed by atoms with van der Waals surface area (Å²) < 4.78 is 5.52. The van der Waals surface area contributed by atoms with Gasteiger partial charge in [-0.15, -0.1) is 0 Å². The molecule has 2 nitrogen and oxygen atoms in total. The zero-order valence-corrected chi connectivity index (χ0v) is 19.0. The lowest BCUT2D eigenvalue weighted by Crippen LogP contribution is -2.08. The van der Waals surface area contributed by atoms with Crippen LogP contribution in [-0.4, -0.2) is 5.97 Å². The van der Waals surface area contributed by atoms with Crippen molar-refractivity contribution in [2.75, 3.05) is 0 Å². The first kappa shape index (κ1) is 24.7. The Morgan fingerprint density at radius 1 is 1.04 bits per heavy atom. The van der Waals surface area contributed by atoms with E-state index >= 15 is 0 Å². The zero-order chi connectivity index (χ0) is 20.6. The van der Waals surface area contributed by atoms with E-state index in [9.17, 15) is 4.79 Å². The first-order valence-electron chi connectivity index (χ1n) is 12.0. The van der Waals surface area contributed by atoms with Crippen LogP contribution in [0.5, 0.6) is 5.75 Å². The van der Waals surface area contributed by atoms with E-state index in [1.165, 1.54) is 63.4 Å². The average Bonchev–Trinajstić information content (AvgIpc) is 2.75. The Hall–Kier alpha value is -1.31. The molecule has 1 aromatic rings. The number of unbranched alkanes of at least 4 members (excludes halogenated alkanes) is 4. The van der Waals surface area contributed by atoms with Gasteiger partial charge in [0, 0.05) is 6.42 Å². The van der Waals surface area contributed by atoms with Crippen molar-refractivity contribution in [3.8, 4) is 5.75 Å². The molecule has 0 N–H and O–H groups in total. The lowest BCUT2D eigenvalue weighted by Gasteiger charge is -2.21. The molecular weight excluding hydrogens is 344 g/mol. The largest absolute Gasteiger partial charge is 0.427 e. The summed E-state index contributed by atoms with van der Waals surface area (Å²) in [5.41, 5.74) is 1.25. The van der Waals surface area contributed by atoms with E-state index in [1.54, 1.807) is 0 Å². The Bertz CT molecular complexity index is 517. The summed E-state index contributed by atoms with van der Waals surface area (Å²) in [5.74, 6) is 2.11. The third kappa shape index (κ3) is 10.3. The van der Waals surface area contributed by atoms with Crippen LogP contribution >= 0.6 is 0 Å². The van der Waals surface area contributed by atoms with Gasteiger partial charge in [0.15, 0.2) is 0 Å². The van der Waals surface area contributed by atoms with Crippen molar-refractivity contribution in [2.45, 2.75) is 117 Å². The van der Waals surface area contributed by atoms with Crippen LogP contribution in [0.4, 0.5) is 0 Å². The first-order valence-corrected chi connectivity index (χ1v) is 12.0. The molecule has 1 fully saturated rings. The van der Waals surface area contributed by atoms with Crippen LogP contribution in [0.2, 0.25) is 0 Å². The van der Waals surface area contributed by atoms with Gasteiger partial charge in [0.25, 0.3) is 0 Å². The summed E-state index contributed by atoms with van der Waals surface area (Å²) in [4.78, 5) is 12.0. The predicted octanol–water partition coefficient (Wildman–Crippen LogP) is 8.44. The smallest absolute Gasteiger partial charge is 0.311 e. The van der Waals surface area contributed by atoms with Crippen molar-refractivity contribution < 1.29 is 9.53 Å². The SMILES string of the molecule is CC.CCC(C)c1cccc(OC(=O)CCCCCCCC2CCCCC2)c1. The molecule has 2 heteroatoms. The van der Waals surface area contributed by atoms with Gasteiger partial charge in [0.2, 0.25) is 0 Å². The minimum atomic E-state index is -0.0893. The Balaban J connectivity index is 0.00000190. The summed E-state index contributed by atoms with van der Waals surface area (Å²) in [6, 6.07) is 7.99. The third-order valence-corrected chi connectivity index (χ3v) is 5.99. The molecular formula is C26H44O2. The lowest BCUT2D eigenvalue weighted by molar-refractivity contribution is -0.134. The van der Waals surface area contributed by atoms with E-state index in [4.69, 9.17) is 4.74 Å². The topological polar surface area (TPSA) is 26.3 Å². The number of esters is 1. The van der Waals surface area contributed by atoms with E-state index < -0.39 is 0 Å². The molecule has 0 aliphatic heterocycles. The molecule has 0 bridgehead atoms. The molecule has 0 saturated heterocycles. The number of hydrogen-bond acceptors (Lipinski definition) is 2. The third-order valence-electron chi connectivity index (χ3n) is 5.99.